The minimum Gasteiger partial charge on any atom is -0.311 e. The van der Waals surface area contributed by atoms with Crippen molar-refractivity contribution in [3.05, 3.63) is 376 Å². The minimum atomic E-state index is -0.590. The van der Waals surface area contributed by atoms with Crippen LogP contribution in [0.2, 0.25) is 0 Å². The van der Waals surface area contributed by atoms with Crippen LogP contribution in [-0.2, 0) is 10.8 Å². The summed E-state index contributed by atoms with van der Waals surface area (Å²) in [5.74, 6) is -0.636. The van der Waals surface area contributed by atoms with Crippen molar-refractivity contribution in [3.63, 3.8) is 0 Å². The molecule has 0 radical (unpaired) electrons. The average Bonchev–Trinajstić information content (AvgIpc) is 1.64. The van der Waals surface area contributed by atoms with Crippen LogP contribution in [0.25, 0.3) is 88.6 Å². The Morgan fingerprint density at radius 3 is 0.975 bits per heavy atom. The predicted molar refractivity (Wildman–Crippen MR) is 510 cm³/mol. The summed E-state index contributed by atoms with van der Waals surface area (Å²) in [6.07, 6.45) is 10.1. The van der Waals surface area contributed by atoms with Gasteiger partial charge in [0.2, 0.25) is 0 Å². The molecule has 3 aliphatic carbocycles. The number of benzene rings is 15. The van der Waals surface area contributed by atoms with Gasteiger partial charge in [-0.3, -0.25) is 9.59 Å². The van der Waals surface area contributed by atoms with Gasteiger partial charge >= 0.3 is 0 Å². The second kappa shape index (κ2) is 33.0. The first-order chi connectivity index (χ1) is 58.8. The lowest BCUT2D eigenvalue weighted by atomic mass is 9.77. The fourth-order valence-electron chi connectivity index (χ4n) is 18.9. The van der Waals surface area contributed by atoms with E-state index in [0.717, 1.165) is 114 Å². The molecule has 19 rings (SSSR count). The Labute approximate surface area is 718 Å². The van der Waals surface area contributed by atoms with E-state index in [1.54, 1.807) is 0 Å². The summed E-state index contributed by atoms with van der Waals surface area (Å²) in [6, 6.07) is 112. The van der Waals surface area contributed by atoms with Gasteiger partial charge in [0, 0.05) is 89.4 Å². The third kappa shape index (κ3) is 15.2. The zero-order chi connectivity index (χ0) is 83.4. The van der Waals surface area contributed by atoms with Crippen molar-refractivity contribution in [3.8, 4) is 66.8 Å². The Balaban J connectivity index is 0.000000169. The molecule has 0 bridgehead atoms. The maximum Gasteiger partial charge on any atom is 0.174 e. The Kier molecular flexibility index (Phi) is 21.6. The topological polar surface area (TPSA) is 69.6 Å². The molecule has 1 atom stereocenters. The largest absolute Gasteiger partial charge is 0.311 e. The predicted octanol–water partition coefficient (Wildman–Crippen LogP) is 31.6. The standard InChI is InChI=1S/C61H50N4S.C52H53NO2/c1-39-7-21-47(22-8-39)64(48-23-9-40(2)10-24-48)51-29-16-44(17-30-51)53-35-36-54(60-59(53)62-66-63-60)45-18-31-52(32-19-45)65(49-25-11-41(3)12-26-49)50-27-14-43(15-28-50)46-20-34-56-55-33-13-42(4)37-57(55)61(5,6)58(56)38-46;1-6-7-8-9-10-11-12-13-15-45-50(54)43-17-14-16-42-48(31-30-44(49(42)43)51(45)55)53(38-24-18-34(2)19-25-38)39-26-21-36(22-27-39)37-23-29-41-40-28-20-35(3)32-46(40)52(4,5)47(41)33-37/h7-38H,1-6H3;14,16-33,45H,6-13,15H2,1-5H3. The number of aromatic nitrogens is 2. The van der Waals surface area contributed by atoms with Crippen LogP contribution >= 0.6 is 11.7 Å². The molecule has 598 valence electrons. The van der Waals surface area contributed by atoms with Crippen molar-refractivity contribution in [1.29, 1.82) is 0 Å². The third-order valence-corrected chi connectivity index (χ3v) is 26.3. The molecule has 0 amide bonds. The van der Waals surface area contributed by atoms with Gasteiger partial charge in [-0.2, -0.15) is 8.75 Å². The number of hydrogen-bond donors (Lipinski definition) is 0. The molecule has 1 unspecified atom stereocenters. The van der Waals surface area contributed by atoms with Crippen molar-refractivity contribution in [2.24, 2.45) is 5.92 Å². The zero-order valence-corrected chi connectivity index (χ0v) is 72.2. The number of anilines is 9. The number of fused-ring (bicyclic) bond motifs is 7. The Morgan fingerprint density at radius 2 is 0.587 bits per heavy atom. The van der Waals surface area contributed by atoms with E-state index in [0.29, 0.717) is 17.5 Å². The number of hydrogen-bond acceptors (Lipinski definition) is 8. The van der Waals surface area contributed by atoms with Gasteiger partial charge in [-0.15, -0.1) is 0 Å². The maximum atomic E-state index is 14.0. The molecule has 0 fully saturated rings. The summed E-state index contributed by atoms with van der Waals surface area (Å²) in [6.45, 7) is 24.5. The number of ketones is 2. The summed E-state index contributed by atoms with van der Waals surface area (Å²) in [5, 5.41) is 1.70. The van der Waals surface area contributed by atoms with Crippen molar-refractivity contribution >= 4 is 96.3 Å². The summed E-state index contributed by atoms with van der Waals surface area (Å²) < 4.78 is 9.73. The number of carbonyl (C=O) groups excluding carboxylic acids is 2. The first-order valence-electron chi connectivity index (χ1n) is 43.3. The zero-order valence-electron chi connectivity index (χ0n) is 71.3. The molecule has 0 N–H and O–H groups in total. The monoisotopic (exact) mass is 1590 g/mol. The molecule has 16 aromatic rings. The maximum absolute atomic E-state index is 14.0. The van der Waals surface area contributed by atoms with Gasteiger partial charge in [-0.25, -0.2) is 0 Å². The van der Waals surface area contributed by atoms with Gasteiger partial charge < -0.3 is 14.7 Å². The first-order valence-corrected chi connectivity index (χ1v) is 44.0. The summed E-state index contributed by atoms with van der Waals surface area (Å²) in [7, 11) is 0. The molecule has 121 heavy (non-hydrogen) atoms. The van der Waals surface area contributed by atoms with E-state index in [1.807, 2.05) is 18.2 Å². The van der Waals surface area contributed by atoms with Crippen molar-refractivity contribution in [2.75, 3.05) is 14.7 Å². The van der Waals surface area contributed by atoms with Crippen LogP contribution in [-0.4, -0.2) is 20.3 Å². The number of unbranched alkanes of at least 4 members (excludes halogenated alkanes) is 7. The van der Waals surface area contributed by atoms with E-state index in [2.05, 4.69) is 382 Å². The van der Waals surface area contributed by atoms with Gasteiger partial charge in [0.25, 0.3) is 0 Å². The molecule has 1 aromatic heterocycles. The minimum absolute atomic E-state index is 0.0230. The fourth-order valence-corrected chi connectivity index (χ4v) is 19.5. The lowest BCUT2D eigenvalue weighted by molar-refractivity contribution is 0.0792. The fraction of sp³-hybridized carbons (Fsp3) is 0.204. The van der Waals surface area contributed by atoms with E-state index in [-0.39, 0.29) is 22.4 Å². The number of carbonyl (C=O) groups is 2. The molecule has 3 aliphatic rings. The highest BCUT2D eigenvalue weighted by Gasteiger charge is 2.39. The van der Waals surface area contributed by atoms with E-state index < -0.39 is 5.92 Å². The number of rotatable bonds is 22. The first kappa shape index (κ1) is 79.2. The summed E-state index contributed by atoms with van der Waals surface area (Å²) >= 11 is 1.27. The lowest BCUT2D eigenvalue weighted by Crippen LogP contribution is -2.29. The molecule has 0 saturated carbocycles. The normalized spacial score (nSPS) is 13.8. The van der Waals surface area contributed by atoms with Gasteiger partial charge in [0.1, 0.15) is 11.0 Å². The van der Waals surface area contributed by atoms with E-state index in [1.165, 1.54) is 145 Å². The molecule has 0 saturated heterocycles. The molecule has 0 spiro atoms. The SMILES string of the molecule is CCCCCCCCCCC1C(=O)c2cccc3c(N(c4ccc(C)cc4)c4ccc(-c5ccc6c(c5)C(C)(C)c5cc(C)ccc5-6)cc4)ccc(c23)C1=O.Cc1ccc(N(c2ccc(C)cc2)c2ccc(-c3ccc(-c4ccc(N(c5ccc(C)cc5)c5ccc(-c6ccc7c(c6)C(C)(C)c6cc(C)ccc6-7)cc5)cc4)c4nsnc34)cc2)cc1. The number of Topliss-reactive ketones (excluding diaryl/α,β-unsaturated/α-hetero) is 2. The molecule has 7 nitrogen and oxygen atoms in total. The van der Waals surface area contributed by atoms with Crippen LogP contribution in [0, 0.1) is 47.5 Å². The molecular weight excluding hydrogens is 1490 g/mol. The number of aryl methyl sites for hydroxylation is 6. The Bertz CT molecular complexity index is 6510. The van der Waals surface area contributed by atoms with E-state index in [9.17, 15) is 9.59 Å². The van der Waals surface area contributed by atoms with E-state index >= 15 is 0 Å². The highest BCUT2D eigenvalue weighted by atomic mass is 32.1. The van der Waals surface area contributed by atoms with Crippen LogP contribution in [0.3, 0.4) is 0 Å². The molecule has 1 heterocycles. The smallest absolute Gasteiger partial charge is 0.174 e. The van der Waals surface area contributed by atoms with Crippen LogP contribution in [0.4, 0.5) is 51.2 Å². The molecule has 8 heteroatoms. The van der Waals surface area contributed by atoms with Crippen LogP contribution < -0.4 is 14.7 Å². The van der Waals surface area contributed by atoms with Crippen molar-refractivity contribution < 1.29 is 9.59 Å². The Hall–Kier alpha value is -12.9. The van der Waals surface area contributed by atoms with Gasteiger partial charge in [0.05, 0.1) is 23.3 Å². The van der Waals surface area contributed by atoms with Crippen LogP contribution in [0.5, 0.6) is 0 Å². The van der Waals surface area contributed by atoms with Crippen molar-refractivity contribution in [2.45, 2.75) is 145 Å². The van der Waals surface area contributed by atoms with E-state index in [4.69, 9.17) is 8.75 Å². The van der Waals surface area contributed by atoms with Gasteiger partial charge in [-0.05, 0) is 247 Å². The second-order valence-electron chi connectivity index (χ2n) is 34.9. The quantitative estimate of drug-likeness (QED) is 0.0495. The second-order valence-corrected chi connectivity index (χ2v) is 35.5. The highest BCUT2D eigenvalue weighted by molar-refractivity contribution is 7.00. The average molecular weight is 1600 g/mol. The third-order valence-electron chi connectivity index (χ3n) is 25.8. The van der Waals surface area contributed by atoms with Crippen LogP contribution in [0.1, 0.15) is 169 Å². The van der Waals surface area contributed by atoms with Gasteiger partial charge in [-0.1, -0.05) is 307 Å². The Morgan fingerprint density at radius 1 is 0.289 bits per heavy atom. The summed E-state index contributed by atoms with van der Waals surface area (Å²) in [4.78, 5) is 35.0. The number of nitrogens with zero attached hydrogens (tertiary/aromatic N) is 5. The van der Waals surface area contributed by atoms with Crippen LogP contribution in [0.15, 0.2) is 309 Å². The van der Waals surface area contributed by atoms with Crippen molar-refractivity contribution in [1.82, 2.24) is 8.75 Å². The highest BCUT2D eigenvalue weighted by Crippen LogP contribution is 2.53. The summed E-state index contributed by atoms with van der Waals surface area (Å²) in [5.41, 5.74) is 40.2. The lowest BCUT2D eigenvalue weighted by Gasteiger charge is -2.30. The molecule has 15 aromatic carbocycles. The van der Waals surface area contributed by atoms with Gasteiger partial charge in [0.15, 0.2) is 11.6 Å². The molecule has 0 aliphatic heterocycles. The molecular formula is C113H103N5O2S.